The van der Waals surface area contributed by atoms with E-state index in [0.29, 0.717) is 5.37 Å². The molecule has 1 fully saturated rings. The van der Waals surface area contributed by atoms with Crippen molar-refractivity contribution in [2.75, 3.05) is 6.54 Å². The van der Waals surface area contributed by atoms with E-state index in [0.717, 1.165) is 11.8 Å². The smallest absolute Gasteiger partial charge is 0.0792 e. The van der Waals surface area contributed by atoms with E-state index in [1.54, 1.807) is 0 Å². The molecule has 1 saturated heterocycles. The van der Waals surface area contributed by atoms with Crippen LogP contribution in [0.15, 0.2) is 42.5 Å². The van der Waals surface area contributed by atoms with Gasteiger partial charge >= 0.3 is 0 Å². The zero-order chi connectivity index (χ0) is 11.7. The van der Waals surface area contributed by atoms with Gasteiger partial charge in [0, 0.05) is 5.25 Å². The third-order valence-electron chi connectivity index (χ3n) is 3.33. The Morgan fingerprint density at radius 2 is 1.94 bits per heavy atom. The average Bonchev–Trinajstić information content (AvgIpc) is 2.38. The lowest BCUT2D eigenvalue weighted by Gasteiger charge is -2.28. The van der Waals surface area contributed by atoms with Crippen LogP contribution in [0.5, 0.6) is 0 Å². The molecule has 2 heteroatoms. The zero-order valence-electron chi connectivity index (χ0n) is 10.0. The lowest BCUT2D eigenvalue weighted by atomic mass is 10.1. The predicted octanol–water partition coefficient (Wildman–Crippen LogP) is 3.95. The van der Waals surface area contributed by atoms with Crippen molar-refractivity contribution in [2.45, 2.75) is 24.0 Å². The van der Waals surface area contributed by atoms with Crippen molar-refractivity contribution in [3.63, 3.8) is 0 Å². The van der Waals surface area contributed by atoms with Crippen LogP contribution in [0, 0.1) is 0 Å². The van der Waals surface area contributed by atoms with Gasteiger partial charge in [0.15, 0.2) is 0 Å². The summed E-state index contributed by atoms with van der Waals surface area (Å²) < 4.78 is 0. The number of thioether (sulfide) groups is 1. The number of fused-ring (bicyclic) bond motifs is 1. The van der Waals surface area contributed by atoms with Gasteiger partial charge in [-0.25, -0.2) is 0 Å². The highest BCUT2D eigenvalue weighted by atomic mass is 32.2. The fourth-order valence-electron chi connectivity index (χ4n) is 2.33. The van der Waals surface area contributed by atoms with Crippen molar-refractivity contribution in [1.82, 2.24) is 5.32 Å². The Labute approximate surface area is 107 Å². The molecule has 0 spiro atoms. The van der Waals surface area contributed by atoms with Crippen LogP contribution in [0.25, 0.3) is 10.8 Å². The van der Waals surface area contributed by atoms with Crippen LogP contribution in [-0.4, -0.2) is 11.8 Å². The SMILES string of the molecule is CC1CCNC(c2ccc3ccccc3c2)S1. The van der Waals surface area contributed by atoms with Gasteiger partial charge in [0.05, 0.1) is 5.37 Å². The quantitative estimate of drug-likeness (QED) is 0.814. The molecule has 1 aliphatic rings. The Bertz CT molecular complexity index is 523. The van der Waals surface area contributed by atoms with Gasteiger partial charge in [-0.15, -0.1) is 11.8 Å². The van der Waals surface area contributed by atoms with E-state index < -0.39 is 0 Å². The molecule has 2 aromatic rings. The first-order chi connectivity index (χ1) is 8.33. The largest absolute Gasteiger partial charge is 0.302 e. The number of hydrogen-bond donors (Lipinski definition) is 1. The van der Waals surface area contributed by atoms with Gasteiger partial charge in [-0.3, -0.25) is 0 Å². The summed E-state index contributed by atoms with van der Waals surface area (Å²) in [6.07, 6.45) is 1.27. The van der Waals surface area contributed by atoms with Gasteiger partial charge in [-0.2, -0.15) is 0 Å². The molecule has 1 heterocycles. The summed E-state index contributed by atoms with van der Waals surface area (Å²) in [6, 6.07) is 15.4. The Morgan fingerprint density at radius 1 is 1.12 bits per heavy atom. The van der Waals surface area contributed by atoms with Crippen LogP contribution in [0.1, 0.15) is 24.3 Å². The van der Waals surface area contributed by atoms with E-state index in [1.165, 1.54) is 22.8 Å². The zero-order valence-corrected chi connectivity index (χ0v) is 10.8. The highest BCUT2D eigenvalue weighted by Crippen LogP contribution is 2.35. The second-order valence-corrected chi connectivity index (χ2v) is 6.22. The van der Waals surface area contributed by atoms with Crippen LogP contribution in [0.3, 0.4) is 0 Å². The van der Waals surface area contributed by atoms with Gasteiger partial charge in [0.1, 0.15) is 0 Å². The molecule has 0 bridgehead atoms. The van der Waals surface area contributed by atoms with E-state index in [2.05, 4.69) is 54.7 Å². The Kier molecular flexibility index (Phi) is 3.08. The van der Waals surface area contributed by atoms with E-state index in [-0.39, 0.29) is 0 Å². The molecule has 0 saturated carbocycles. The first kappa shape index (κ1) is 11.1. The first-order valence-electron chi connectivity index (χ1n) is 6.20. The Balaban J connectivity index is 1.94. The lowest BCUT2D eigenvalue weighted by Crippen LogP contribution is -2.28. The minimum atomic E-state index is 0.461. The van der Waals surface area contributed by atoms with Gasteiger partial charge in [-0.1, -0.05) is 43.3 Å². The second-order valence-electron chi connectivity index (χ2n) is 4.68. The summed E-state index contributed by atoms with van der Waals surface area (Å²) in [5.41, 5.74) is 1.40. The molecule has 1 N–H and O–H groups in total. The molecule has 0 radical (unpaired) electrons. The fraction of sp³-hybridized carbons (Fsp3) is 0.333. The highest BCUT2D eigenvalue weighted by Gasteiger charge is 2.20. The summed E-state index contributed by atoms with van der Waals surface area (Å²) in [6.45, 7) is 3.45. The van der Waals surface area contributed by atoms with Crippen LogP contribution in [-0.2, 0) is 0 Å². The minimum Gasteiger partial charge on any atom is -0.302 e. The van der Waals surface area contributed by atoms with Gasteiger partial charge in [-0.05, 0) is 35.4 Å². The van der Waals surface area contributed by atoms with Crippen LogP contribution in [0.2, 0.25) is 0 Å². The molecule has 0 aliphatic carbocycles. The Morgan fingerprint density at radius 3 is 2.76 bits per heavy atom. The first-order valence-corrected chi connectivity index (χ1v) is 7.15. The van der Waals surface area contributed by atoms with E-state index in [1.807, 2.05) is 11.8 Å². The number of rotatable bonds is 1. The summed E-state index contributed by atoms with van der Waals surface area (Å²) in [5.74, 6) is 0. The number of nitrogens with one attached hydrogen (secondary N) is 1. The van der Waals surface area contributed by atoms with Crippen molar-refractivity contribution < 1.29 is 0 Å². The molecule has 1 aliphatic heterocycles. The van der Waals surface area contributed by atoms with Gasteiger partial charge in [0.2, 0.25) is 0 Å². The molecule has 2 atom stereocenters. The van der Waals surface area contributed by atoms with E-state index in [9.17, 15) is 0 Å². The molecule has 2 aromatic carbocycles. The molecule has 1 nitrogen and oxygen atoms in total. The van der Waals surface area contributed by atoms with E-state index >= 15 is 0 Å². The second kappa shape index (κ2) is 4.71. The van der Waals surface area contributed by atoms with Crippen molar-refractivity contribution in [3.05, 3.63) is 48.0 Å². The maximum absolute atomic E-state index is 3.59. The predicted molar refractivity (Wildman–Crippen MR) is 76.4 cm³/mol. The average molecular weight is 243 g/mol. The highest BCUT2D eigenvalue weighted by molar-refractivity contribution is 8.00. The molecular weight excluding hydrogens is 226 g/mol. The monoisotopic (exact) mass is 243 g/mol. The van der Waals surface area contributed by atoms with Gasteiger partial charge in [0.25, 0.3) is 0 Å². The maximum Gasteiger partial charge on any atom is 0.0792 e. The number of hydrogen-bond acceptors (Lipinski definition) is 2. The molecular formula is C15H17NS. The van der Waals surface area contributed by atoms with Crippen molar-refractivity contribution in [2.24, 2.45) is 0 Å². The van der Waals surface area contributed by atoms with E-state index in [4.69, 9.17) is 0 Å². The molecule has 0 aromatic heterocycles. The van der Waals surface area contributed by atoms with Crippen LogP contribution < -0.4 is 5.32 Å². The van der Waals surface area contributed by atoms with Crippen LogP contribution in [0.4, 0.5) is 0 Å². The summed E-state index contributed by atoms with van der Waals surface area (Å²) in [4.78, 5) is 0. The Hall–Kier alpha value is -0.990. The van der Waals surface area contributed by atoms with Crippen molar-refractivity contribution >= 4 is 22.5 Å². The molecule has 17 heavy (non-hydrogen) atoms. The molecule has 2 unspecified atom stereocenters. The minimum absolute atomic E-state index is 0.461. The topological polar surface area (TPSA) is 12.0 Å². The summed E-state index contributed by atoms with van der Waals surface area (Å²) in [7, 11) is 0. The standard InChI is InChI=1S/C15H17NS/c1-11-8-9-16-15(17-11)14-7-6-12-4-2-3-5-13(12)10-14/h2-7,10-11,15-16H,8-9H2,1H3. The number of benzene rings is 2. The maximum atomic E-state index is 3.59. The molecule has 3 rings (SSSR count). The normalized spacial score (nSPS) is 25.0. The molecule has 0 amide bonds. The van der Waals surface area contributed by atoms with Crippen molar-refractivity contribution in [1.29, 1.82) is 0 Å². The lowest BCUT2D eigenvalue weighted by molar-refractivity contribution is 0.605. The van der Waals surface area contributed by atoms with Gasteiger partial charge < -0.3 is 5.32 Å². The van der Waals surface area contributed by atoms with Crippen molar-refractivity contribution in [3.8, 4) is 0 Å². The molecule has 88 valence electrons. The summed E-state index contributed by atoms with van der Waals surface area (Å²) >= 11 is 2.04. The summed E-state index contributed by atoms with van der Waals surface area (Å²) in [5, 5.41) is 7.47. The van der Waals surface area contributed by atoms with Crippen LogP contribution >= 0.6 is 11.8 Å². The fourth-order valence-corrected chi connectivity index (χ4v) is 3.57. The third-order valence-corrected chi connectivity index (χ3v) is 4.74. The third kappa shape index (κ3) is 2.33.